The van der Waals surface area contributed by atoms with E-state index in [4.69, 9.17) is 11.6 Å². The Kier molecular flexibility index (Phi) is 1.14. The lowest BCUT2D eigenvalue weighted by Gasteiger charge is -1.92. The van der Waals surface area contributed by atoms with E-state index in [9.17, 15) is 0 Å². The second-order valence-corrected chi connectivity index (χ2v) is 2.35. The van der Waals surface area contributed by atoms with Crippen LogP contribution in [0.25, 0.3) is 5.52 Å². The molecule has 0 aliphatic carbocycles. The van der Waals surface area contributed by atoms with Gasteiger partial charge in [0.2, 0.25) is 0 Å². The third kappa shape index (κ3) is 0.693. The molecule has 1 radical (unpaired) electrons. The maximum absolute atomic E-state index is 5.78. The van der Waals surface area contributed by atoms with Gasteiger partial charge in [-0.15, -0.1) is 0 Å². The van der Waals surface area contributed by atoms with Crippen molar-refractivity contribution in [3.05, 3.63) is 35.6 Å². The van der Waals surface area contributed by atoms with E-state index < -0.39 is 0 Å². The van der Waals surface area contributed by atoms with E-state index in [-0.39, 0.29) is 0 Å². The van der Waals surface area contributed by atoms with Crippen molar-refractivity contribution in [2.24, 2.45) is 0 Å². The molecule has 2 aromatic heterocycles. The van der Waals surface area contributed by atoms with E-state index in [0.717, 1.165) is 5.52 Å². The molecule has 0 unspecified atom stereocenters. The molecule has 0 saturated carbocycles. The third-order valence-electron chi connectivity index (χ3n) is 1.32. The van der Waals surface area contributed by atoms with Crippen LogP contribution in [0.3, 0.4) is 0 Å². The number of rotatable bonds is 0. The molecule has 0 aromatic carbocycles. The lowest BCUT2D eigenvalue weighted by Crippen LogP contribution is -1.86. The summed E-state index contributed by atoms with van der Waals surface area (Å²) in [5, 5.41) is 4.49. The zero-order chi connectivity index (χ0) is 6.97. The zero-order valence-corrected chi connectivity index (χ0v) is 5.84. The number of halogens is 1. The second kappa shape index (κ2) is 1.99. The Morgan fingerprint density at radius 1 is 1.50 bits per heavy atom. The Labute approximate surface area is 63.0 Å². The Hall–Kier alpha value is -1.02. The minimum atomic E-state index is 0.610. The smallest absolute Gasteiger partial charge is 0.131 e. The topological polar surface area (TPSA) is 17.3 Å². The highest BCUT2D eigenvalue weighted by molar-refractivity contribution is 6.29. The van der Waals surface area contributed by atoms with E-state index in [1.165, 1.54) is 0 Å². The van der Waals surface area contributed by atoms with E-state index >= 15 is 0 Å². The van der Waals surface area contributed by atoms with Gasteiger partial charge in [-0.1, -0.05) is 17.7 Å². The maximum atomic E-state index is 5.78. The quantitative estimate of drug-likeness (QED) is 0.525. The normalized spacial score (nSPS) is 10.5. The highest BCUT2D eigenvalue weighted by Gasteiger charge is 1.94. The van der Waals surface area contributed by atoms with Crippen molar-refractivity contribution in [2.45, 2.75) is 0 Å². The zero-order valence-electron chi connectivity index (χ0n) is 5.08. The molecule has 3 heteroatoms. The predicted molar refractivity (Wildman–Crippen MR) is 39.0 cm³/mol. The molecule has 0 N–H and O–H groups in total. The molecule has 10 heavy (non-hydrogen) atoms. The molecule has 0 amide bonds. The van der Waals surface area contributed by atoms with Crippen molar-refractivity contribution in [2.75, 3.05) is 0 Å². The van der Waals surface area contributed by atoms with Gasteiger partial charge in [-0.3, -0.25) is 0 Å². The second-order valence-electron chi connectivity index (χ2n) is 1.96. The molecule has 0 spiro atoms. The molecule has 2 rings (SSSR count). The van der Waals surface area contributed by atoms with Crippen molar-refractivity contribution in [3.8, 4) is 0 Å². The average Bonchev–Trinajstić information content (AvgIpc) is 2.36. The molecule has 0 aliphatic heterocycles. The van der Waals surface area contributed by atoms with Gasteiger partial charge in [-0.25, -0.2) is 4.52 Å². The van der Waals surface area contributed by atoms with Gasteiger partial charge in [0, 0.05) is 0 Å². The molecule has 49 valence electrons. The van der Waals surface area contributed by atoms with Crippen LogP contribution < -0.4 is 0 Å². The van der Waals surface area contributed by atoms with Crippen LogP contribution in [0.5, 0.6) is 0 Å². The lowest BCUT2D eigenvalue weighted by atomic mass is 10.4. The van der Waals surface area contributed by atoms with Crippen LogP contribution in [-0.2, 0) is 0 Å². The molecule has 0 fully saturated rings. The Balaban J connectivity index is 2.95. The summed E-state index contributed by atoms with van der Waals surface area (Å²) < 4.78 is 1.63. The van der Waals surface area contributed by atoms with Crippen molar-refractivity contribution >= 4 is 17.1 Å². The van der Waals surface area contributed by atoms with Crippen LogP contribution in [-0.4, -0.2) is 9.61 Å². The van der Waals surface area contributed by atoms with Gasteiger partial charge in [0.1, 0.15) is 11.3 Å². The van der Waals surface area contributed by atoms with E-state index in [0.29, 0.717) is 5.15 Å². The summed E-state index contributed by atoms with van der Waals surface area (Å²) in [5.74, 6) is 0. The van der Waals surface area contributed by atoms with Crippen molar-refractivity contribution in [1.82, 2.24) is 9.61 Å². The summed E-state index contributed by atoms with van der Waals surface area (Å²) >= 11 is 5.78. The molecule has 0 bridgehead atoms. The highest BCUT2D eigenvalue weighted by atomic mass is 35.5. The molecule has 0 saturated heterocycles. The lowest BCUT2D eigenvalue weighted by molar-refractivity contribution is 0.957. The first-order valence-electron chi connectivity index (χ1n) is 2.88. The summed E-state index contributed by atoms with van der Waals surface area (Å²) in [4.78, 5) is 0. The Morgan fingerprint density at radius 3 is 3.20 bits per heavy atom. The molecular weight excluding hydrogens is 148 g/mol. The van der Waals surface area contributed by atoms with E-state index in [1.807, 2.05) is 12.1 Å². The Morgan fingerprint density at radius 2 is 2.40 bits per heavy atom. The summed E-state index contributed by atoms with van der Waals surface area (Å²) in [6.07, 6.45) is 2.71. The van der Waals surface area contributed by atoms with E-state index in [2.05, 4.69) is 11.3 Å². The van der Waals surface area contributed by atoms with Gasteiger partial charge in [-0.2, -0.15) is 5.10 Å². The van der Waals surface area contributed by atoms with E-state index in [1.54, 1.807) is 16.6 Å². The predicted octanol–water partition coefficient (Wildman–Crippen LogP) is 1.79. The fraction of sp³-hybridized carbons (Fsp3) is 0. The maximum Gasteiger partial charge on any atom is 0.131 e. The fourth-order valence-electron chi connectivity index (χ4n) is 0.858. The highest BCUT2D eigenvalue weighted by Crippen LogP contribution is 2.09. The Bertz CT molecular complexity index is 353. The van der Waals surface area contributed by atoms with Crippen LogP contribution in [0.2, 0.25) is 5.15 Å². The van der Waals surface area contributed by atoms with Gasteiger partial charge >= 0.3 is 0 Å². The minimum absolute atomic E-state index is 0.610. The van der Waals surface area contributed by atoms with Gasteiger partial charge in [-0.05, 0) is 18.2 Å². The summed E-state index contributed by atoms with van der Waals surface area (Å²) in [7, 11) is 0. The SMILES string of the molecule is Clc1cccc2c[c]nn12. The molecule has 0 atom stereocenters. The van der Waals surface area contributed by atoms with Crippen LogP contribution in [0.4, 0.5) is 0 Å². The number of nitrogens with zero attached hydrogens (tertiary/aromatic N) is 2. The first-order chi connectivity index (χ1) is 4.88. The van der Waals surface area contributed by atoms with Gasteiger partial charge in [0.05, 0.1) is 5.52 Å². The van der Waals surface area contributed by atoms with Gasteiger partial charge in [0.15, 0.2) is 0 Å². The van der Waals surface area contributed by atoms with Crippen LogP contribution in [0.1, 0.15) is 0 Å². The first-order valence-corrected chi connectivity index (χ1v) is 3.26. The first kappa shape index (κ1) is 5.74. The van der Waals surface area contributed by atoms with Crippen LogP contribution in [0.15, 0.2) is 24.3 Å². The molecule has 2 nitrogen and oxygen atoms in total. The monoisotopic (exact) mass is 151 g/mol. The van der Waals surface area contributed by atoms with Crippen molar-refractivity contribution < 1.29 is 0 Å². The number of fused-ring (bicyclic) bond motifs is 1. The molecule has 2 aromatic rings. The van der Waals surface area contributed by atoms with Crippen LogP contribution >= 0.6 is 11.6 Å². The van der Waals surface area contributed by atoms with Crippen molar-refractivity contribution in [1.29, 1.82) is 0 Å². The number of aromatic nitrogens is 2. The molecule has 0 aliphatic rings. The standard InChI is InChI=1S/C7H4ClN2/c8-7-3-1-2-6-4-5-9-10(6)7/h1-4H. The minimum Gasteiger partial charge on any atom is -0.222 e. The fourth-order valence-corrected chi connectivity index (χ4v) is 1.07. The van der Waals surface area contributed by atoms with Crippen LogP contribution in [0, 0.1) is 6.20 Å². The molecule has 2 heterocycles. The van der Waals surface area contributed by atoms with Gasteiger partial charge < -0.3 is 0 Å². The summed E-state index contributed by atoms with van der Waals surface area (Å²) in [5.41, 5.74) is 0.965. The summed E-state index contributed by atoms with van der Waals surface area (Å²) in [6.45, 7) is 0. The molecular formula is C7H4ClN2. The largest absolute Gasteiger partial charge is 0.222 e. The van der Waals surface area contributed by atoms with Gasteiger partial charge in [0.25, 0.3) is 0 Å². The number of hydrogen-bond acceptors (Lipinski definition) is 1. The summed E-state index contributed by atoms with van der Waals surface area (Å²) in [6, 6.07) is 7.38. The van der Waals surface area contributed by atoms with Crippen molar-refractivity contribution in [3.63, 3.8) is 0 Å². The number of hydrogen-bond donors (Lipinski definition) is 0. The number of pyridine rings is 1. The third-order valence-corrected chi connectivity index (χ3v) is 1.60. The average molecular weight is 152 g/mol.